The van der Waals surface area contributed by atoms with Crippen LogP contribution in [-0.4, -0.2) is 36.2 Å². The number of amides is 1. The Labute approximate surface area is 160 Å². The van der Waals surface area contributed by atoms with Gasteiger partial charge in [0.2, 0.25) is 5.91 Å². The van der Waals surface area contributed by atoms with Crippen LogP contribution in [0.25, 0.3) is 11.0 Å². The predicted octanol–water partition coefficient (Wildman–Crippen LogP) is 1.07. The van der Waals surface area contributed by atoms with Crippen LogP contribution in [0.2, 0.25) is 0 Å². The van der Waals surface area contributed by atoms with Gasteiger partial charge in [-0.1, -0.05) is 18.2 Å². The smallest absolute Gasteiger partial charge is 0.317 e. The molecular weight excluding hydrogens is 362 g/mol. The SMILES string of the molecule is COc1ccc(CCNC(=O)Cn2c(=O)c(=O)[nH]c3ccccc32)cc1OC. The standard InChI is InChI=1S/C20H21N3O5/c1-27-16-8-7-13(11-17(16)28-2)9-10-21-18(24)12-23-15-6-4-3-5-14(15)22-19(25)20(23)26/h3-8,11H,9-10,12H2,1-2H3,(H,21,24)(H,22,25). The Balaban J connectivity index is 1.67. The number of hydrogen-bond donors (Lipinski definition) is 2. The minimum atomic E-state index is -0.756. The normalized spacial score (nSPS) is 10.6. The predicted molar refractivity (Wildman–Crippen MR) is 105 cm³/mol. The number of rotatable bonds is 7. The van der Waals surface area contributed by atoms with E-state index in [9.17, 15) is 14.4 Å². The minimum absolute atomic E-state index is 0.227. The highest BCUT2D eigenvalue weighted by Crippen LogP contribution is 2.27. The van der Waals surface area contributed by atoms with Gasteiger partial charge in [0.15, 0.2) is 11.5 Å². The Hall–Kier alpha value is -3.55. The molecule has 0 atom stereocenters. The molecule has 0 saturated carbocycles. The summed E-state index contributed by atoms with van der Waals surface area (Å²) < 4.78 is 11.6. The highest BCUT2D eigenvalue weighted by atomic mass is 16.5. The van der Waals surface area contributed by atoms with E-state index in [-0.39, 0.29) is 12.5 Å². The van der Waals surface area contributed by atoms with Crippen molar-refractivity contribution in [3.05, 3.63) is 68.7 Å². The first-order valence-electron chi connectivity index (χ1n) is 8.73. The fourth-order valence-corrected chi connectivity index (χ4v) is 2.96. The molecule has 0 aliphatic heterocycles. The number of carbonyl (C=O) groups excluding carboxylic acids is 1. The van der Waals surface area contributed by atoms with Gasteiger partial charge in [-0.3, -0.25) is 19.0 Å². The molecule has 8 nitrogen and oxygen atoms in total. The molecule has 0 unspecified atom stereocenters. The molecule has 146 valence electrons. The van der Waals surface area contributed by atoms with Crippen LogP contribution in [0, 0.1) is 0 Å². The molecule has 0 aliphatic rings. The van der Waals surface area contributed by atoms with Crippen LogP contribution in [0.4, 0.5) is 0 Å². The summed E-state index contributed by atoms with van der Waals surface area (Å²) in [6.07, 6.45) is 0.580. The monoisotopic (exact) mass is 383 g/mol. The Kier molecular flexibility index (Phi) is 5.78. The van der Waals surface area contributed by atoms with Gasteiger partial charge in [-0.25, -0.2) is 0 Å². The van der Waals surface area contributed by atoms with Crippen LogP contribution in [-0.2, 0) is 17.8 Å². The lowest BCUT2D eigenvalue weighted by Gasteiger charge is -2.11. The molecule has 28 heavy (non-hydrogen) atoms. The molecule has 0 fully saturated rings. The van der Waals surface area contributed by atoms with Crippen LogP contribution in [0.3, 0.4) is 0 Å². The highest BCUT2D eigenvalue weighted by molar-refractivity contribution is 5.79. The van der Waals surface area contributed by atoms with E-state index in [0.29, 0.717) is 35.5 Å². The largest absolute Gasteiger partial charge is 0.493 e. The number of nitrogens with one attached hydrogen (secondary N) is 2. The quantitative estimate of drug-likeness (QED) is 0.594. The topological polar surface area (TPSA) is 102 Å². The van der Waals surface area contributed by atoms with Gasteiger partial charge in [-0.2, -0.15) is 0 Å². The third kappa shape index (κ3) is 4.06. The van der Waals surface area contributed by atoms with E-state index < -0.39 is 11.1 Å². The van der Waals surface area contributed by atoms with Crippen molar-refractivity contribution >= 4 is 16.9 Å². The van der Waals surface area contributed by atoms with E-state index >= 15 is 0 Å². The second kappa shape index (κ2) is 8.43. The molecule has 8 heteroatoms. The average molecular weight is 383 g/mol. The van der Waals surface area contributed by atoms with E-state index in [4.69, 9.17) is 9.47 Å². The number of ether oxygens (including phenoxy) is 2. The fourth-order valence-electron chi connectivity index (χ4n) is 2.96. The first-order chi connectivity index (χ1) is 13.5. The Bertz CT molecular complexity index is 1120. The molecule has 3 rings (SSSR count). The van der Waals surface area contributed by atoms with Crippen molar-refractivity contribution in [1.29, 1.82) is 0 Å². The zero-order chi connectivity index (χ0) is 20.1. The highest BCUT2D eigenvalue weighted by Gasteiger charge is 2.11. The summed E-state index contributed by atoms with van der Waals surface area (Å²) in [5.41, 5.74) is 0.467. The van der Waals surface area contributed by atoms with Crippen LogP contribution in [0.1, 0.15) is 5.56 Å². The van der Waals surface area contributed by atoms with Crippen molar-refractivity contribution in [2.24, 2.45) is 0 Å². The van der Waals surface area contributed by atoms with Crippen LogP contribution >= 0.6 is 0 Å². The summed E-state index contributed by atoms with van der Waals surface area (Å²) in [6.45, 7) is 0.152. The van der Waals surface area contributed by atoms with E-state index in [1.165, 1.54) is 4.57 Å². The number of carbonyl (C=O) groups is 1. The van der Waals surface area contributed by atoms with E-state index in [2.05, 4.69) is 10.3 Å². The Morgan fingerprint density at radius 1 is 1.07 bits per heavy atom. The number of H-pyrrole nitrogens is 1. The molecule has 0 bridgehead atoms. The molecule has 2 aromatic carbocycles. The maximum Gasteiger partial charge on any atom is 0.317 e. The molecule has 3 aromatic rings. The maximum absolute atomic E-state index is 12.3. The number of aromatic amines is 1. The number of fused-ring (bicyclic) bond motifs is 1. The zero-order valence-corrected chi connectivity index (χ0v) is 15.7. The minimum Gasteiger partial charge on any atom is -0.493 e. The molecule has 0 saturated heterocycles. The first kappa shape index (κ1) is 19.2. The van der Waals surface area contributed by atoms with Gasteiger partial charge in [0.1, 0.15) is 6.54 Å². The van der Waals surface area contributed by atoms with Gasteiger partial charge < -0.3 is 19.8 Å². The summed E-state index contributed by atoms with van der Waals surface area (Å²) in [7, 11) is 3.13. The summed E-state index contributed by atoms with van der Waals surface area (Å²) in [5.74, 6) is 0.905. The second-order valence-corrected chi connectivity index (χ2v) is 6.15. The zero-order valence-electron chi connectivity index (χ0n) is 15.7. The van der Waals surface area contributed by atoms with Crippen molar-refractivity contribution in [2.75, 3.05) is 20.8 Å². The Morgan fingerprint density at radius 3 is 2.57 bits per heavy atom. The van der Waals surface area contributed by atoms with Crippen LogP contribution in [0.5, 0.6) is 11.5 Å². The summed E-state index contributed by atoms with van der Waals surface area (Å²) >= 11 is 0. The lowest BCUT2D eigenvalue weighted by atomic mass is 10.1. The lowest BCUT2D eigenvalue weighted by molar-refractivity contribution is -0.121. The number of para-hydroxylation sites is 2. The number of hydrogen-bond acceptors (Lipinski definition) is 5. The second-order valence-electron chi connectivity index (χ2n) is 6.15. The fraction of sp³-hybridized carbons (Fsp3) is 0.250. The summed E-state index contributed by atoms with van der Waals surface area (Å²) in [6, 6.07) is 12.4. The van der Waals surface area contributed by atoms with Crippen molar-refractivity contribution in [2.45, 2.75) is 13.0 Å². The van der Waals surface area contributed by atoms with Gasteiger partial charge in [0.25, 0.3) is 0 Å². The average Bonchev–Trinajstić information content (AvgIpc) is 2.71. The molecule has 0 aliphatic carbocycles. The van der Waals surface area contributed by atoms with Crippen molar-refractivity contribution < 1.29 is 14.3 Å². The van der Waals surface area contributed by atoms with E-state index in [1.54, 1.807) is 44.6 Å². The molecule has 1 amide bonds. The van der Waals surface area contributed by atoms with Crippen molar-refractivity contribution in [3.63, 3.8) is 0 Å². The van der Waals surface area contributed by atoms with Crippen LogP contribution in [0.15, 0.2) is 52.1 Å². The van der Waals surface area contributed by atoms with Crippen molar-refractivity contribution in [1.82, 2.24) is 14.9 Å². The third-order valence-corrected chi connectivity index (χ3v) is 4.37. The summed E-state index contributed by atoms with van der Waals surface area (Å²) in [4.78, 5) is 38.8. The molecule has 0 spiro atoms. The number of methoxy groups -OCH3 is 2. The Morgan fingerprint density at radius 2 is 1.82 bits per heavy atom. The number of nitrogens with zero attached hydrogens (tertiary/aromatic N) is 1. The van der Waals surface area contributed by atoms with Gasteiger partial charge in [0, 0.05) is 6.54 Å². The van der Waals surface area contributed by atoms with Gasteiger partial charge in [-0.15, -0.1) is 0 Å². The van der Waals surface area contributed by atoms with Crippen LogP contribution < -0.4 is 25.9 Å². The van der Waals surface area contributed by atoms with E-state index in [0.717, 1.165) is 5.56 Å². The van der Waals surface area contributed by atoms with Gasteiger partial charge in [0.05, 0.1) is 25.3 Å². The molecule has 1 aromatic heterocycles. The van der Waals surface area contributed by atoms with E-state index in [1.807, 2.05) is 12.1 Å². The summed E-state index contributed by atoms with van der Waals surface area (Å²) in [5, 5.41) is 2.77. The molecule has 0 radical (unpaired) electrons. The third-order valence-electron chi connectivity index (χ3n) is 4.37. The van der Waals surface area contributed by atoms with Crippen molar-refractivity contribution in [3.8, 4) is 11.5 Å². The first-order valence-corrected chi connectivity index (χ1v) is 8.73. The number of benzene rings is 2. The number of aromatic nitrogens is 2. The molecule has 2 N–H and O–H groups in total. The van der Waals surface area contributed by atoms with Gasteiger partial charge >= 0.3 is 11.1 Å². The molecular formula is C20H21N3O5. The maximum atomic E-state index is 12.3. The lowest BCUT2D eigenvalue weighted by Crippen LogP contribution is -2.40. The molecule has 1 heterocycles. The van der Waals surface area contributed by atoms with Gasteiger partial charge in [-0.05, 0) is 36.2 Å².